The van der Waals surface area contributed by atoms with Gasteiger partial charge in [0, 0.05) is 27.9 Å². The van der Waals surface area contributed by atoms with Crippen molar-refractivity contribution in [3.05, 3.63) is 57.2 Å². The van der Waals surface area contributed by atoms with Crippen LogP contribution in [0.15, 0.2) is 47.4 Å². The number of piperidine rings is 1. The van der Waals surface area contributed by atoms with E-state index < -0.39 is 10.0 Å². The Kier molecular flexibility index (Phi) is 7.66. The summed E-state index contributed by atoms with van der Waals surface area (Å²) in [5.41, 5.74) is 2.23. The molecule has 1 aliphatic heterocycles. The van der Waals surface area contributed by atoms with Gasteiger partial charge in [-0.25, -0.2) is 13.1 Å². The van der Waals surface area contributed by atoms with Gasteiger partial charge in [-0.1, -0.05) is 12.5 Å². The van der Waals surface area contributed by atoms with Gasteiger partial charge in [-0.3, -0.25) is 4.79 Å². The number of hydrogen-bond donors (Lipinski definition) is 2. The fraction of sp³-hybridized carbons (Fsp3) is 0.381. The first kappa shape index (κ1) is 22.2. The summed E-state index contributed by atoms with van der Waals surface area (Å²) in [5.74, 6) is -0.224. The van der Waals surface area contributed by atoms with Crippen LogP contribution in [-0.2, 0) is 10.0 Å². The lowest BCUT2D eigenvalue weighted by Crippen LogP contribution is -2.37. The van der Waals surface area contributed by atoms with Crippen LogP contribution in [0.25, 0.3) is 0 Å². The van der Waals surface area contributed by atoms with Crippen LogP contribution in [0.2, 0.25) is 0 Å². The Balaban J connectivity index is 1.56. The molecule has 1 heterocycles. The second kappa shape index (κ2) is 10.0. The number of hydrogen-bond acceptors (Lipinski definition) is 4. The number of halogens is 1. The maximum atomic E-state index is 12.5. The van der Waals surface area contributed by atoms with Crippen molar-refractivity contribution >= 4 is 44.2 Å². The molecule has 1 amide bonds. The van der Waals surface area contributed by atoms with Gasteiger partial charge in [-0.05, 0) is 97.4 Å². The molecule has 0 bridgehead atoms. The van der Waals surface area contributed by atoms with Gasteiger partial charge in [-0.15, -0.1) is 0 Å². The third-order valence-corrected chi connectivity index (χ3v) is 7.66. The van der Waals surface area contributed by atoms with Crippen LogP contribution in [-0.4, -0.2) is 45.4 Å². The smallest absolute Gasteiger partial charge is 0.255 e. The highest BCUT2D eigenvalue weighted by atomic mass is 127. The van der Waals surface area contributed by atoms with Crippen molar-refractivity contribution < 1.29 is 13.2 Å². The first-order valence-electron chi connectivity index (χ1n) is 9.75. The fourth-order valence-corrected chi connectivity index (χ4v) is 4.80. The number of anilines is 1. The van der Waals surface area contributed by atoms with Crippen molar-refractivity contribution in [2.45, 2.75) is 31.1 Å². The minimum atomic E-state index is -3.56. The number of carbonyl (C=O) groups excluding carboxylic acids is 1. The number of aryl methyl sites for hydroxylation is 1. The summed E-state index contributed by atoms with van der Waals surface area (Å²) in [4.78, 5) is 14.9. The molecule has 2 N–H and O–H groups in total. The van der Waals surface area contributed by atoms with Crippen LogP contribution >= 0.6 is 22.6 Å². The summed E-state index contributed by atoms with van der Waals surface area (Å²) < 4.78 is 28.6. The predicted molar refractivity (Wildman–Crippen MR) is 124 cm³/mol. The highest BCUT2D eigenvalue weighted by Gasteiger charge is 2.16. The average Bonchev–Trinajstić information content (AvgIpc) is 2.71. The lowest BCUT2D eigenvalue weighted by molar-refractivity contribution is 0.102. The topological polar surface area (TPSA) is 78.5 Å². The number of likely N-dealkylation sites (tertiary alicyclic amines) is 1. The molecule has 29 heavy (non-hydrogen) atoms. The zero-order valence-corrected chi connectivity index (χ0v) is 19.4. The quantitative estimate of drug-likeness (QED) is 0.540. The SMILES string of the molecule is Cc1ccc(C(=O)Nc2ccc(S(=O)(=O)NCCN3CCCCC3)cc2)cc1I. The number of amides is 1. The molecule has 6 nitrogen and oxygen atoms in total. The van der Waals surface area contributed by atoms with Gasteiger partial charge in [-0.2, -0.15) is 0 Å². The van der Waals surface area contributed by atoms with Crippen LogP contribution in [0.3, 0.4) is 0 Å². The third-order valence-electron chi connectivity index (χ3n) is 5.03. The van der Waals surface area contributed by atoms with E-state index in [0.717, 1.165) is 28.8 Å². The van der Waals surface area contributed by atoms with Crippen LogP contribution < -0.4 is 10.0 Å². The zero-order chi connectivity index (χ0) is 20.9. The Bertz CT molecular complexity index is 956. The summed E-state index contributed by atoms with van der Waals surface area (Å²) in [6, 6.07) is 11.7. The molecule has 0 saturated carbocycles. The molecule has 0 atom stereocenters. The van der Waals surface area contributed by atoms with E-state index >= 15 is 0 Å². The Morgan fingerprint density at radius 2 is 1.76 bits per heavy atom. The average molecular weight is 527 g/mol. The minimum absolute atomic E-state index is 0.194. The number of nitrogens with one attached hydrogen (secondary N) is 2. The van der Waals surface area contributed by atoms with Crippen molar-refractivity contribution in [2.75, 3.05) is 31.5 Å². The molecule has 3 rings (SSSR count). The zero-order valence-electron chi connectivity index (χ0n) is 16.4. The molecule has 0 aromatic heterocycles. The summed E-state index contributed by atoms with van der Waals surface area (Å²) in [5, 5.41) is 2.81. The van der Waals surface area contributed by atoms with Crippen molar-refractivity contribution in [3.63, 3.8) is 0 Å². The molecule has 156 valence electrons. The molecule has 0 spiro atoms. The highest BCUT2D eigenvalue weighted by Crippen LogP contribution is 2.17. The molecule has 1 aliphatic rings. The van der Waals surface area contributed by atoms with E-state index in [9.17, 15) is 13.2 Å². The Morgan fingerprint density at radius 3 is 2.41 bits per heavy atom. The summed E-state index contributed by atoms with van der Waals surface area (Å²) in [6.45, 7) is 5.19. The Labute approximate surface area is 186 Å². The first-order chi connectivity index (χ1) is 13.8. The van der Waals surface area contributed by atoms with Crippen molar-refractivity contribution in [1.82, 2.24) is 9.62 Å². The first-order valence-corrected chi connectivity index (χ1v) is 12.3. The van der Waals surface area contributed by atoms with Gasteiger partial charge in [0.2, 0.25) is 10.0 Å². The molecule has 1 fully saturated rings. The van der Waals surface area contributed by atoms with Gasteiger partial charge in [0.1, 0.15) is 0 Å². The van der Waals surface area contributed by atoms with Crippen LogP contribution in [0, 0.1) is 10.5 Å². The summed E-state index contributed by atoms with van der Waals surface area (Å²) in [6.07, 6.45) is 3.62. The molecular formula is C21H26IN3O3S. The van der Waals surface area contributed by atoms with Crippen molar-refractivity contribution in [2.24, 2.45) is 0 Å². The van der Waals surface area contributed by atoms with Gasteiger partial charge in [0.15, 0.2) is 0 Å². The van der Waals surface area contributed by atoms with Crippen molar-refractivity contribution in [1.29, 1.82) is 0 Å². The third kappa shape index (κ3) is 6.24. The van der Waals surface area contributed by atoms with E-state index in [2.05, 4.69) is 37.5 Å². The molecule has 8 heteroatoms. The lowest BCUT2D eigenvalue weighted by atomic mass is 10.1. The van der Waals surface area contributed by atoms with Gasteiger partial charge < -0.3 is 10.2 Å². The maximum Gasteiger partial charge on any atom is 0.255 e. The second-order valence-electron chi connectivity index (χ2n) is 7.24. The molecular weight excluding hydrogens is 501 g/mol. The van der Waals surface area contributed by atoms with E-state index in [-0.39, 0.29) is 10.8 Å². The number of sulfonamides is 1. The van der Waals surface area contributed by atoms with E-state index in [1.54, 1.807) is 18.2 Å². The Hall–Kier alpha value is -1.49. The number of rotatable bonds is 7. The lowest BCUT2D eigenvalue weighted by Gasteiger charge is -2.26. The number of nitrogens with zero attached hydrogens (tertiary/aromatic N) is 1. The molecule has 0 radical (unpaired) electrons. The van der Waals surface area contributed by atoms with Crippen LogP contribution in [0.1, 0.15) is 35.2 Å². The molecule has 0 unspecified atom stereocenters. The second-order valence-corrected chi connectivity index (χ2v) is 10.2. The van der Waals surface area contributed by atoms with Crippen LogP contribution in [0.5, 0.6) is 0 Å². The fourth-order valence-electron chi connectivity index (χ4n) is 3.26. The normalized spacial score (nSPS) is 15.2. The van der Waals surface area contributed by atoms with Gasteiger partial charge in [0.05, 0.1) is 4.90 Å². The molecule has 1 saturated heterocycles. The van der Waals surface area contributed by atoms with Crippen LogP contribution in [0.4, 0.5) is 5.69 Å². The number of benzene rings is 2. The van der Waals surface area contributed by atoms with Gasteiger partial charge >= 0.3 is 0 Å². The largest absolute Gasteiger partial charge is 0.322 e. The van der Waals surface area contributed by atoms with E-state index in [1.807, 2.05) is 19.1 Å². The highest BCUT2D eigenvalue weighted by molar-refractivity contribution is 14.1. The molecule has 0 aliphatic carbocycles. The standard InChI is InChI=1S/C21H26IN3O3S/c1-16-5-6-17(15-20(16)22)21(26)24-18-7-9-19(10-8-18)29(27,28)23-11-14-25-12-3-2-4-13-25/h5-10,15,23H,2-4,11-14H2,1H3,(H,24,26). The summed E-state index contributed by atoms with van der Waals surface area (Å²) >= 11 is 2.20. The Morgan fingerprint density at radius 1 is 1.07 bits per heavy atom. The predicted octanol–water partition coefficient (Wildman–Crippen LogP) is 3.62. The monoisotopic (exact) mass is 527 g/mol. The molecule has 2 aromatic carbocycles. The van der Waals surface area contributed by atoms with E-state index in [1.165, 1.54) is 31.4 Å². The summed E-state index contributed by atoms with van der Waals surface area (Å²) in [7, 11) is -3.56. The van der Waals surface area contributed by atoms with E-state index in [4.69, 9.17) is 0 Å². The van der Waals surface area contributed by atoms with Gasteiger partial charge in [0.25, 0.3) is 5.91 Å². The maximum absolute atomic E-state index is 12.5. The van der Waals surface area contributed by atoms with E-state index in [0.29, 0.717) is 17.8 Å². The minimum Gasteiger partial charge on any atom is -0.322 e. The van der Waals surface area contributed by atoms with Crippen molar-refractivity contribution in [3.8, 4) is 0 Å². The number of carbonyl (C=O) groups is 1. The molecule has 2 aromatic rings.